The minimum Gasteiger partial charge on any atom is -0.508 e. The van der Waals surface area contributed by atoms with Crippen LogP contribution < -0.4 is 10.6 Å². The Labute approximate surface area is 221 Å². The van der Waals surface area contributed by atoms with Gasteiger partial charge in [0.25, 0.3) is 5.91 Å². The second-order valence-electron chi connectivity index (χ2n) is 11.2. The molecule has 2 unspecified atom stereocenters. The van der Waals surface area contributed by atoms with Gasteiger partial charge in [-0.1, -0.05) is 26.2 Å². The molecule has 2 saturated carbocycles. The molecule has 3 aromatic carbocycles. The lowest BCUT2D eigenvalue weighted by atomic mass is 9.61. The SMILES string of the molecule is CC1(C(=O)Nc2ccc3nc(-c4ccc(NC(=O)c5ccc(O)cc5)cc4)[nH]c3c2)CC2CCCC(C2)C1. The van der Waals surface area contributed by atoms with Crippen molar-refractivity contribution in [1.82, 2.24) is 9.97 Å². The summed E-state index contributed by atoms with van der Waals surface area (Å²) in [5.41, 5.74) is 4.16. The first-order valence-electron chi connectivity index (χ1n) is 13.4. The summed E-state index contributed by atoms with van der Waals surface area (Å²) in [6.07, 6.45) is 7.08. The lowest BCUT2D eigenvalue weighted by Crippen LogP contribution is -2.42. The summed E-state index contributed by atoms with van der Waals surface area (Å²) in [6, 6.07) is 19.3. The molecule has 194 valence electrons. The predicted molar refractivity (Wildman–Crippen MR) is 149 cm³/mol. The fraction of sp³-hybridized carbons (Fsp3) is 0.323. The van der Waals surface area contributed by atoms with Gasteiger partial charge in [-0.3, -0.25) is 9.59 Å². The number of phenolic OH excluding ortho intramolecular Hbond substituents is 1. The molecular weight excluding hydrogens is 476 g/mol. The van der Waals surface area contributed by atoms with Crippen molar-refractivity contribution in [2.75, 3.05) is 10.6 Å². The molecule has 1 heterocycles. The quantitative estimate of drug-likeness (QED) is 0.240. The average molecular weight is 509 g/mol. The Kier molecular flexibility index (Phi) is 6.14. The van der Waals surface area contributed by atoms with Crippen LogP contribution in [0.3, 0.4) is 0 Å². The summed E-state index contributed by atoms with van der Waals surface area (Å²) < 4.78 is 0. The van der Waals surface area contributed by atoms with E-state index < -0.39 is 0 Å². The molecular formula is C31H32N4O3. The predicted octanol–water partition coefficient (Wildman–Crippen LogP) is 6.73. The number of hydrogen-bond donors (Lipinski definition) is 4. The fourth-order valence-corrected chi connectivity index (χ4v) is 6.35. The summed E-state index contributed by atoms with van der Waals surface area (Å²) in [4.78, 5) is 33.8. The monoisotopic (exact) mass is 508 g/mol. The third kappa shape index (κ3) is 4.88. The molecule has 7 nitrogen and oxygen atoms in total. The van der Waals surface area contributed by atoms with E-state index in [2.05, 4.69) is 22.5 Å². The Hall–Kier alpha value is -4.13. The summed E-state index contributed by atoms with van der Waals surface area (Å²) >= 11 is 0. The number of aromatic hydroxyl groups is 1. The van der Waals surface area contributed by atoms with Crippen LogP contribution in [-0.4, -0.2) is 26.9 Å². The van der Waals surface area contributed by atoms with Gasteiger partial charge in [-0.25, -0.2) is 4.98 Å². The highest BCUT2D eigenvalue weighted by Crippen LogP contribution is 2.49. The van der Waals surface area contributed by atoms with Crippen LogP contribution in [0.2, 0.25) is 0 Å². The highest BCUT2D eigenvalue weighted by atomic mass is 16.3. The van der Waals surface area contributed by atoms with Gasteiger partial charge in [0.1, 0.15) is 11.6 Å². The number of fused-ring (bicyclic) bond motifs is 3. The molecule has 2 aliphatic carbocycles. The Bertz CT molecular complexity index is 1480. The van der Waals surface area contributed by atoms with Gasteiger partial charge in [0.15, 0.2) is 0 Å². The number of phenols is 1. The number of carbonyl (C=O) groups excluding carboxylic acids is 2. The first-order valence-corrected chi connectivity index (χ1v) is 13.4. The molecule has 38 heavy (non-hydrogen) atoms. The number of H-pyrrole nitrogens is 1. The van der Waals surface area contributed by atoms with Gasteiger partial charge in [0.2, 0.25) is 5.91 Å². The van der Waals surface area contributed by atoms with Crippen LogP contribution in [0.1, 0.15) is 55.8 Å². The maximum atomic E-state index is 13.3. The molecule has 0 radical (unpaired) electrons. The van der Waals surface area contributed by atoms with E-state index >= 15 is 0 Å². The van der Waals surface area contributed by atoms with E-state index in [0.717, 1.165) is 35.1 Å². The molecule has 0 saturated heterocycles. The maximum absolute atomic E-state index is 13.3. The highest BCUT2D eigenvalue weighted by Gasteiger charge is 2.43. The maximum Gasteiger partial charge on any atom is 0.255 e. The van der Waals surface area contributed by atoms with Gasteiger partial charge in [-0.15, -0.1) is 0 Å². The number of rotatable bonds is 5. The number of hydrogen-bond acceptors (Lipinski definition) is 4. The number of imidazole rings is 1. The molecule has 1 aromatic heterocycles. The fourth-order valence-electron chi connectivity index (χ4n) is 6.35. The van der Waals surface area contributed by atoms with Crippen LogP contribution in [-0.2, 0) is 4.79 Å². The minimum atomic E-state index is -0.304. The first kappa shape index (κ1) is 24.2. The molecule has 2 aliphatic rings. The molecule has 6 rings (SSSR count). The summed E-state index contributed by atoms with van der Waals surface area (Å²) in [7, 11) is 0. The molecule has 0 aliphatic heterocycles. The Morgan fingerprint density at radius 3 is 2.32 bits per heavy atom. The van der Waals surface area contributed by atoms with Crippen molar-refractivity contribution < 1.29 is 14.7 Å². The van der Waals surface area contributed by atoms with Crippen molar-refractivity contribution in [3.8, 4) is 17.1 Å². The van der Waals surface area contributed by atoms with Gasteiger partial charge >= 0.3 is 0 Å². The molecule has 2 fully saturated rings. The third-order valence-electron chi connectivity index (χ3n) is 8.20. The van der Waals surface area contributed by atoms with Crippen molar-refractivity contribution in [3.05, 3.63) is 72.3 Å². The van der Waals surface area contributed by atoms with E-state index in [-0.39, 0.29) is 23.0 Å². The topological polar surface area (TPSA) is 107 Å². The Balaban J connectivity index is 1.14. The number of amides is 2. The number of nitrogens with zero attached hydrogens (tertiary/aromatic N) is 1. The normalized spacial score (nSPS) is 22.7. The second-order valence-corrected chi connectivity index (χ2v) is 11.2. The van der Waals surface area contributed by atoms with Crippen molar-refractivity contribution in [3.63, 3.8) is 0 Å². The van der Waals surface area contributed by atoms with Gasteiger partial charge in [-0.2, -0.15) is 0 Å². The van der Waals surface area contributed by atoms with Crippen molar-refractivity contribution >= 4 is 34.2 Å². The van der Waals surface area contributed by atoms with E-state index in [9.17, 15) is 14.7 Å². The van der Waals surface area contributed by atoms with Crippen LogP contribution in [0.5, 0.6) is 5.75 Å². The third-order valence-corrected chi connectivity index (χ3v) is 8.20. The lowest BCUT2D eigenvalue weighted by Gasteiger charge is -2.44. The second kappa shape index (κ2) is 9.63. The summed E-state index contributed by atoms with van der Waals surface area (Å²) in [5, 5.41) is 15.5. The van der Waals surface area contributed by atoms with E-state index in [1.165, 1.54) is 37.8 Å². The van der Waals surface area contributed by atoms with E-state index in [4.69, 9.17) is 4.98 Å². The van der Waals surface area contributed by atoms with Crippen molar-refractivity contribution in [2.45, 2.75) is 45.4 Å². The number of anilines is 2. The van der Waals surface area contributed by atoms with Crippen molar-refractivity contribution in [1.29, 1.82) is 0 Å². The molecule has 2 amide bonds. The van der Waals surface area contributed by atoms with Crippen LogP contribution in [0, 0.1) is 17.3 Å². The molecule has 2 atom stereocenters. The van der Waals surface area contributed by atoms with Crippen LogP contribution in [0.4, 0.5) is 11.4 Å². The Morgan fingerprint density at radius 2 is 1.61 bits per heavy atom. The minimum absolute atomic E-state index is 0.117. The van der Waals surface area contributed by atoms with Gasteiger partial charge in [0, 0.05) is 27.9 Å². The zero-order valence-electron chi connectivity index (χ0n) is 21.5. The zero-order chi connectivity index (χ0) is 26.3. The number of aromatic nitrogens is 2. The zero-order valence-corrected chi connectivity index (χ0v) is 21.5. The summed E-state index contributed by atoms with van der Waals surface area (Å²) in [5.74, 6) is 2.07. The first-order chi connectivity index (χ1) is 18.3. The molecule has 0 spiro atoms. The number of carbonyl (C=O) groups is 2. The van der Waals surface area contributed by atoms with Crippen LogP contribution in [0.25, 0.3) is 22.4 Å². The Morgan fingerprint density at radius 1 is 0.921 bits per heavy atom. The van der Waals surface area contributed by atoms with Crippen molar-refractivity contribution in [2.24, 2.45) is 17.3 Å². The average Bonchev–Trinajstić information content (AvgIpc) is 3.33. The van der Waals surface area contributed by atoms with Gasteiger partial charge < -0.3 is 20.7 Å². The van der Waals surface area contributed by atoms with E-state index in [1.807, 2.05) is 42.5 Å². The van der Waals surface area contributed by atoms with Gasteiger partial charge in [0.05, 0.1) is 11.0 Å². The van der Waals surface area contributed by atoms with E-state index in [0.29, 0.717) is 28.9 Å². The number of nitrogens with one attached hydrogen (secondary N) is 3. The molecule has 2 bridgehead atoms. The van der Waals surface area contributed by atoms with Gasteiger partial charge in [-0.05, 0) is 97.8 Å². The number of aromatic amines is 1. The highest BCUT2D eigenvalue weighted by molar-refractivity contribution is 6.04. The van der Waals surface area contributed by atoms with Crippen LogP contribution >= 0.6 is 0 Å². The molecule has 4 aromatic rings. The lowest BCUT2D eigenvalue weighted by molar-refractivity contribution is -0.129. The molecule has 4 N–H and O–H groups in total. The number of benzene rings is 3. The standard InChI is InChI=1S/C31H32N4O3/c1-31(17-19-3-2-4-20(15-19)18-31)30(38)33-24-11-14-26-27(16-24)35-28(34-26)21-5-9-23(10-6-21)32-29(37)22-7-12-25(36)13-8-22/h5-14,16,19-20,36H,2-4,15,17-18H2,1H3,(H,32,37)(H,33,38)(H,34,35). The molecule has 7 heteroatoms. The van der Waals surface area contributed by atoms with Crippen LogP contribution in [0.15, 0.2) is 66.7 Å². The largest absolute Gasteiger partial charge is 0.508 e. The summed E-state index contributed by atoms with van der Waals surface area (Å²) in [6.45, 7) is 2.14. The van der Waals surface area contributed by atoms with E-state index in [1.54, 1.807) is 12.1 Å². The smallest absolute Gasteiger partial charge is 0.255 e.